The lowest BCUT2D eigenvalue weighted by Crippen LogP contribution is -2.25. The molecule has 2 aromatic rings. The highest BCUT2D eigenvalue weighted by atomic mass is 16.5. The normalized spacial score (nSPS) is 17.5. The molecule has 0 spiro atoms. The quantitative estimate of drug-likeness (QED) is 0.911. The van der Waals surface area contributed by atoms with Crippen LogP contribution in [0.3, 0.4) is 0 Å². The minimum atomic E-state index is 0.499. The van der Waals surface area contributed by atoms with E-state index in [0.717, 1.165) is 37.7 Å². The average molecular weight is 284 g/mol. The molecule has 1 fully saturated rings. The molecule has 5 nitrogen and oxygen atoms in total. The van der Waals surface area contributed by atoms with Crippen molar-refractivity contribution < 1.29 is 4.74 Å². The molecule has 4 rings (SSSR count). The summed E-state index contributed by atoms with van der Waals surface area (Å²) in [4.78, 5) is 4.20. The molecule has 0 aromatic carbocycles. The van der Waals surface area contributed by atoms with Crippen LogP contribution >= 0.6 is 0 Å². The molecular weight excluding hydrogens is 264 g/mol. The molecule has 0 saturated heterocycles. The topological polar surface area (TPSA) is 52.0 Å². The number of hydrogen-bond acceptors (Lipinski definition) is 4. The molecule has 5 heteroatoms. The van der Waals surface area contributed by atoms with E-state index in [2.05, 4.69) is 15.0 Å². The highest BCUT2D eigenvalue weighted by Crippen LogP contribution is 2.32. The van der Waals surface area contributed by atoms with Crippen molar-refractivity contribution in [2.24, 2.45) is 5.92 Å². The Hall–Kier alpha value is -1.88. The summed E-state index contributed by atoms with van der Waals surface area (Å²) in [5.74, 6) is 1.50. The molecule has 1 saturated carbocycles. The van der Waals surface area contributed by atoms with E-state index in [1.165, 1.54) is 24.1 Å². The second-order valence-electron chi connectivity index (χ2n) is 5.88. The predicted octanol–water partition coefficient (Wildman–Crippen LogP) is 1.91. The second-order valence-corrected chi connectivity index (χ2v) is 5.88. The number of ether oxygens (including phenoxy) is 1. The van der Waals surface area contributed by atoms with Gasteiger partial charge in [0.05, 0.1) is 0 Å². The molecule has 21 heavy (non-hydrogen) atoms. The number of nitrogens with one attached hydrogen (secondary N) is 1. The van der Waals surface area contributed by atoms with Gasteiger partial charge in [0.15, 0.2) is 0 Å². The van der Waals surface area contributed by atoms with Gasteiger partial charge in [-0.3, -0.25) is 4.68 Å². The lowest BCUT2D eigenvalue weighted by molar-refractivity contribution is 0.286. The Morgan fingerprint density at radius 1 is 1.33 bits per heavy atom. The standard InChI is InChI=1S/C16H20N4O/c1-2-7-18-16(3-1)21-11-14-13-9-17-8-6-15(13)20(19-14)10-12-4-5-12/h1-3,7,12,17H,4-6,8-11H2. The van der Waals surface area contributed by atoms with Crippen LogP contribution in [0.15, 0.2) is 24.4 Å². The molecule has 0 bridgehead atoms. The van der Waals surface area contributed by atoms with Crippen LogP contribution in [0, 0.1) is 5.92 Å². The van der Waals surface area contributed by atoms with Gasteiger partial charge >= 0.3 is 0 Å². The summed E-state index contributed by atoms with van der Waals surface area (Å²) in [6.07, 6.45) is 5.52. The van der Waals surface area contributed by atoms with Crippen LogP contribution in [0.5, 0.6) is 5.88 Å². The third-order valence-electron chi connectivity index (χ3n) is 4.21. The summed E-state index contributed by atoms with van der Waals surface area (Å²) in [7, 11) is 0. The summed E-state index contributed by atoms with van der Waals surface area (Å²) >= 11 is 0. The van der Waals surface area contributed by atoms with Gasteiger partial charge in [0, 0.05) is 49.6 Å². The number of aromatic nitrogens is 3. The van der Waals surface area contributed by atoms with Crippen LogP contribution in [0.4, 0.5) is 0 Å². The SMILES string of the molecule is c1ccc(OCc2nn(CC3CC3)c3c2CNCC3)nc1. The van der Waals surface area contributed by atoms with Crippen LogP contribution in [0.1, 0.15) is 29.8 Å². The molecule has 1 aliphatic heterocycles. The molecule has 3 heterocycles. The van der Waals surface area contributed by atoms with Crippen LogP contribution < -0.4 is 10.1 Å². The first-order chi connectivity index (χ1) is 10.4. The van der Waals surface area contributed by atoms with E-state index in [0.29, 0.717) is 12.5 Å². The maximum absolute atomic E-state index is 5.78. The predicted molar refractivity (Wildman–Crippen MR) is 78.9 cm³/mol. The molecular formula is C16H20N4O. The van der Waals surface area contributed by atoms with Crippen LogP contribution in [-0.4, -0.2) is 21.3 Å². The minimum Gasteiger partial charge on any atom is -0.471 e. The van der Waals surface area contributed by atoms with E-state index in [9.17, 15) is 0 Å². The fraction of sp³-hybridized carbons (Fsp3) is 0.500. The molecule has 110 valence electrons. The Morgan fingerprint density at radius 2 is 2.29 bits per heavy atom. The first-order valence-corrected chi connectivity index (χ1v) is 7.72. The van der Waals surface area contributed by atoms with Gasteiger partial charge in [0.25, 0.3) is 0 Å². The smallest absolute Gasteiger partial charge is 0.213 e. The van der Waals surface area contributed by atoms with Gasteiger partial charge in [0.1, 0.15) is 12.3 Å². The Morgan fingerprint density at radius 3 is 3.10 bits per heavy atom. The van der Waals surface area contributed by atoms with Gasteiger partial charge in [-0.05, 0) is 24.8 Å². The first-order valence-electron chi connectivity index (χ1n) is 7.72. The molecule has 0 amide bonds. The summed E-state index contributed by atoms with van der Waals surface area (Å²) < 4.78 is 8.00. The highest BCUT2D eigenvalue weighted by molar-refractivity contribution is 5.29. The number of pyridine rings is 1. The lowest BCUT2D eigenvalue weighted by atomic mass is 10.1. The van der Waals surface area contributed by atoms with Crippen LogP contribution in [-0.2, 0) is 26.1 Å². The van der Waals surface area contributed by atoms with Gasteiger partial charge in [0.2, 0.25) is 5.88 Å². The van der Waals surface area contributed by atoms with Crippen molar-refractivity contribution in [3.8, 4) is 5.88 Å². The van der Waals surface area contributed by atoms with E-state index in [1.807, 2.05) is 18.2 Å². The molecule has 0 unspecified atom stereocenters. The van der Waals surface area contributed by atoms with Crippen LogP contribution in [0.2, 0.25) is 0 Å². The fourth-order valence-electron chi connectivity index (χ4n) is 2.88. The molecule has 1 aliphatic carbocycles. The minimum absolute atomic E-state index is 0.499. The first kappa shape index (κ1) is 12.8. The Labute approximate surface area is 124 Å². The van der Waals surface area contributed by atoms with Gasteiger partial charge in [-0.15, -0.1) is 0 Å². The van der Waals surface area contributed by atoms with Crippen molar-refractivity contribution in [2.75, 3.05) is 6.54 Å². The van der Waals surface area contributed by atoms with E-state index in [4.69, 9.17) is 9.84 Å². The van der Waals surface area contributed by atoms with Gasteiger partial charge in [-0.25, -0.2) is 4.98 Å². The van der Waals surface area contributed by atoms with Gasteiger partial charge in [-0.1, -0.05) is 6.07 Å². The van der Waals surface area contributed by atoms with Crippen molar-refractivity contribution in [3.63, 3.8) is 0 Å². The maximum atomic E-state index is 5.78. The molecule has 2 aliphatic rings. The van der Waals surface area contributed by atoms with Crippen molar-refractivity contribution in [2.45, 2.75) is 39.0 Å². The fourth-order valence-corrected chi connectivity index (χ4v) is 2.88. The van der Waals surface area contributed by atoms with Crippen molar-refractivity contribution >= 4 is 0 Å². The number of nitrogens with zero attached hydrogens (tertiary/aromatic N) is 3. The Kier molecular flexibility index (Phi) is 3.35. The van der Waals surface area contributed by atoms with Crippen molar-refractivity contribution in [1.82, 2.24) is 20.1 Å². The monoisotopic (exact) mass is 284 g/mol. The Balaban J connectivity index is 1.54. The molecule has 2 aromatic heterocycles. The maximum Gasteiger partial charge on any atom is 0.213 e. The zero-order chi connectivity index (χ0) is 14.1. The Bertz CT molecular complexity index is 619. The van der Waals surface area contributed by atoms with E-state index in [-0.39, 0.29) is 0 Å². The largest absolute Gasteiger partial charge is 0.471 e. The number of hydrogen-bond donors (Lipinski definition) is 1. The second kappa shape index (κ2) is 5.48. The van der Waals surface area contributed by atoms with Crippen molar-refractivity contribution in [1.29, 1.82) is 0 Å². The lowest BCUT2D eigenvalue weighted by Gasteiger charge is -2.15. The van der Waals surface area contributed by atoms with Crippen molar-refractivity contribution in [3.05, 3.63) is 41.3 Å². The summed E-state index contributed by atoms with van der Waals surface area (Å²) in [5, 5.41) is 8.25. The van der Waals surface area contributed by atoms with Crippen LogP contribution in [0.25, 0.3) is 0 Å². The van der Waals surface area contributed by atoms with E-state index >= 15 is 0 Å². The summed E-state index contributed by atoms with van der Waals surface area (Å²) in [6.45, 7) is 3.52. The third kappa shape index (κ3) is 2.78. The van der Waals surface area contributed by atoms with Gasteiger partial charge in [-0.2, -0.15) is 5.10 Å². The number of rotatable bonds is 5. The highest BCUT2D eigenvalue weighted by Gasteiger charge is 2.26. The molecule has 0 atom stereocenters. The molecule has 1 N–H and O–H groups in total. The number of fused-ring (bicyclic) bond motifs is 1. The zero-order valence-electron chi connectivity index (χ0n) is 12.1. The summed E-state index contributed by atoms with van der Waals surface area (Å²) in [5.41, 5.74) is 3.79. The van der Waals surface area contributed by atoms with E-state index in [1.54, 1.807) is 6.20 Å². The molecule has 0 radical (unpaired) electrons. The average Bonchev–Trinajstić information content (AvgIpc) is 3.29. The summed E-state index contributed by atoms with van der Waals surface area (Å²) in [6, 6.07) is 5.71. The van der Waals surface area contributed by atoms with E-state index < -0.39 is 0 Å². The third-order valence-corrected chi connectivity index (χ3v) is 4.21. The van der Waals surface area contributed by atoms with Gasteiger partial charge < -0.3 is 10.1 Å². The zero-order valence-corrected chi connectivity index (χ0v) is 12.1.